The molecule has 1 heterocycles. The molecule has 7 nitrogen and oxygen atoms in total. The smallest absolute Gasteiger partial charge is 0.269 e. The van der Waals surface area contributed by atoms with Crippen LogP contribution in [0.15, 0.2) is 54.7 Å². The Bertz CT molecular complexity index is 994. The highest BCUT2D eigenvalue weighted by Gasteiger charge is 2.11. The van der Waals surface area contributed by atoms with Crippen LogP contribution >= 0.6 is 0 Å². The highest BCUT2D eigenvalue weighted by Crippen LogP contribution is 2.35. The summed E-state index contributed by atoms with van der Waals surface area (Å²) in [6.07, 6.45) is 1.49. The molecule has 0 saturated heterocycles. The molecule has 5 N–H and O–H groups in total. The summed E-state index contributed by atoms with van der Waals surface area (Å²) < 4.78 is 19.3. The van der Waals surface area contributed by atoms with E-state index < -0.39 is 5.82 Å². The number of rotatable bonds is 5. The van der Waals surface area contributed by atoms with Gasteiger partial charge in [-0.2, -0.15) is 0 Å². The first-order chi connectivity index (χ1) is 13.0. The third kappa shape index (κ3) is 4.24. The molecule has 138 valence electrons. The summed E-state index contributed by atoms with van der Waals surface area (Å²) in [4.78, 5) is 15.7. The number of anilines is 3. The minimum atomic E-state index is -0.605. The molecule has 1 aromatic heterocycles. The van der Waals surface area contributed by atoms with Gasteiger partial charge in [0.2, 0.25) is 0 Å². The van der Waals surface area contributed by atoms with Crippen molar-refractivity contribution in [2.24, 2.45) is 0 Å². The Morgan fingerprint density at radius 1 is 1.19 bits per heavy atom. The largest absolute Gasteiger partial charge is 0.508 e. The number of carbonyl (C=O) groups excluding carboxylic acids is 1. The first kappa shape index (κ1) is 18.0. The Morgan fingerprint density at radius 2 is 2.00 bits per heavy atom. The third-order valence-corrected chi connectivity index (χ3v) is 3.66. The van der Waals surface area contributed by atoms with Gasteiger partial charge in [0.15, 0.2) is 5.75 Å². The molecule has 3 rings (SSSR count). The molecule has 0 aliphatic heterocycles. The van der Waals surface area contributed by atoms with Crippen molar-refractivity contribution in [1.29, 1.82) is 0 Å². The number of pyridine rings is 1. The van der Waals surface area contributed by atoms with Crippen LogP contribution in [0.1, 0.15) is 10.5 Å². The Labute approximate surface area is 154 Å². The summed E-state index contributed by atoms with van der Waals surface area (Å²) in [5.74, 6) is -0.467. The summed E-state index contributed by atoms with van der Waals surface area (Å²) in [5, 5.41) is 15.4. The fourth-order valence-electron chi connectivity index (χ4n) is 2.31. The zero-order valence-electron chi connectivity index (χ0n) is 14.4. The summed E-state index contributed by atoms with van der Waals surface area (Å²) >= 11 is 0. The van der Waals surface area contributed by atoms with Gasteiger partial charge in [-0.05, 0) is 36.4 Å². The molecule has 27 heavy (non-hydrogen) atoms. The molecule has 0 atom stereocenters. The van der Waals surface area contributed by atoms with E-state index >= 15 is 0 Å². The van der Waals surface area contributed by atoms with Crippen LogP contribution in [0, 0.1) is 5.82 Å². The number of nitrogens with zero attached hydrogens (tertiary/aromatic N) is 1. The predicted octanol–water partition coefficient (Wildman–Crippen LogP) is 3.40. The Morgan fingerprint density at radius 3 is 2.74 bits per heavy atom. The van der Waals surface area contributed by atoms with Gasteiger partial charge in [-0.3, -0.25) is 9.78 Å². The number of aromatic nitrogens is 1. The SMILES string of the molecule is CNC(=O)c1cc(Nc2ccc(O)cc2Oc2ccc(N)c(F)c2)ccn1. The van der Waals surface area contributed by atoms with Crippen molar-refractivity contribution in [3.05, 3.63) is 66.2 Å². The predicted molar refractivity (Wildman–Crippen MR) is 99.9 cm³/mol. The fraction of sp³-hybridized carbons (Fsp3) is 0.0526. The first-order valence-electron chi connectivity index (χ1n) is 7.97. The van der Waals surface area contributed by atoms with Crippen LogP contribution in [0.5, 0.6) is 17.2 Å². The summed E-state index contributed by atoms with van der Waals surface area (Å²) in [6, 6.07) is 11.8. The fourth-order valence-corrected chi connectivity index (χ4v) is 2.31. The van der Waals surface area contributed by atoms with Gasteiger partial charge in [0.25, 0.3) is 5.91 Å². The minimum absolute atomic E-state index is 0.00937. The second-order valence-corrected chi connectivity index (χ2v) is 5.60. The molecule has 0 spiro atoms. The number of halogens is 1. The van der Waals surface area contributed by atoms with Crippen molar-refractivity contribution in [2.45, 2.75) is 0 Å². The number of nitrogens with one attached hydrogen (secondary N) is 2. The van der Waals surface area contributed by atoms with Gasteiger partial charge in [0.1, 0.15) is 23.0 Å². The number of hydrogen-bond acceptors (Lipinski definition) is 6. The van der Waals surface area contributed by atoms with Gasteiger partial charge in [-0.25, -0.2) is 4.39 Å². The van der Waals surface area contributed by atoms with Crippen molar-refractivity contribution in [3.63, 3.8) is 0 Å². The van der Waals surface area contributed by atoms with E-state index in [1.807, 2.05) is 0 Å². The zero-order valence-corrected chi connectivity index (χ0v) is 14.4. The molecular formula is C19H17FN4O3. The zero-order chi connectivity index (χ0) is 19.4. The van der Waals surface area contributed by atoms with Gasteiger partial charge in [0.05, 0.1) is 11.4 Å². The van der Waals surface area contributed by atoms with Gasteiger partial charge in [0, 0.05) is 31.1 Å². The number of aromatic hydroxyl groups is 1. The molecule has 0 unspecified atom stereocenters. The molecule has 0 bridgehead atoms. The van der Waals surface area contributed by atoms with Gasteiger partial charge in [-0.1, -0.05) is 0 Å². The molecule has 0 radical (unpaired) electrons. The van der Waals surface area contributed by atoms with E-state index in [4.69, 9.17) is 10.5 Å². The highest BCUT2D eigenvalue weighted by atomic mass is 19.1. The van der Waals surface area contributed by atoms with Crippen molar-refractivity contribution in [3.8, 4) is 17.2 Å². The van der Waals surface area contributed by atoms with Gasteiger partial charge < -0.3 is 26.2 Å². The normalized spacial score (nSPS) is 10.3. The van der Waals surface area contributed by atoms with Crippen LogP contribution in [0.3, 0.4) is 0 Å². The molecule has 0 fully saturated rings. The Hall–Kier alpha value is -3.81. The van der Waals surface area contributed by atoms with E-state index in [2.05, 4.69) is 15.6 Å². The molecular weight excluding hydrogens is 351 g/mol. The number of amides is 1. The standard InChI is InChI=1S/C19H17FN4O3/c1-22-19(26)17-8-11(6-7-23-17)24-16-5-2-12(25)9-18(16)27-13-3-4-15(21)14(20)10-13/h2-10,25H,21H2,1H3,(H,22,26)(H,23,24). The lowest BCUT2D eigenvalue weighted by Crippen LogP contribution is -2.19. The molecule has 8 heteroatoms. The van der Waals surface area contributed by atoms with Crippen molar-refractivity contribution >= 4 is 23.0 Å². The molecule has 0 aliphatic rings. The van der Waals surface area contributed by atoms with Crippen LogP contribution in [0.25, 0.3) is 0 Å². The Balaban J connectivity index is 1.90. The maximum Gasteiger partial charge on any atom is 0.269 e. The Kier molecular flexibility index (Phi) is 5.07. The molecule has 0 aliphatic carbocycles. The highest BCUT2D eigenvalue weighted by molar-refractivity contribution is 5.93. The number of phenolic OH excluding ortho intramolecular Hbond substituents is 1. The average Bonchev–Trinajstić information content (AvgIpc) is 2.66. The molecule has 0 saturated carbocycles. The monoisotopic (exact) mass is 368 g/mol. The van der Waals surface area contributed by atoms with Crippen LogP contribution in [-0.4, -0.2) is 23.0 Å². The maximum atomic E-state index is 13.6. The quantitative estimate of drug-likeness (QED) is 0.406. The van der Waals surface area contributed by atoms with E-state index in [0.29, 0.717) is 11.4 Å². The van der Waals surface area contributed by atoms with Crippen LogP contribution in [0.4, 0.5) is 21.5 Å². The minimum Gasteiger partial charge on any atom is -0.508 e. The number of nitrogen functional groups attached to an aromatic ring is 1. The van der Waals surface area contributed by atoms with Crippen molar-refractivity contribution < 1.29 is 19.0 Å². The number of ether oxygens (including phenoxy) is 1. The van der Waals surface area contributed by atoms with E-state index in [-0.39, 0.29) is 34.5 Å². The van der Waals surface area contributed by atoms with E-state index in [1.165, 1.54) is 37.5 Å². The van der Waals surface area contributed by atoms with Crippen LogP contribution in [0.2, 0.25) is 0 Å². The second-order valence-electron chi connectivity index (χ2n) is 5.60. The number of nitrogens with two attached hydrogens (primary N) is 1. The topological polar surface area (TPSA) is 110 Å². The van der Waals surface area contributed by atoms with Gasteiger partial charge >= 0.3 is 0 Å². The van der Waals surface area contributed by atoms with Gasteiger partial charge in [-0.15, -0.1) is 0 Å². The third-order valence-electron chi connectivity index (χ3n) is 3.66. The molecule has 3 aromatic rings. The van der Waals surface area contributed by atoms with Crippen LogP contribution in [-0.2, 0) is 0 Å². The van der Waals surface area contributed by atoms with Crippen LogP contribution < -0.4 is 21.1 Å². The second kappa shape index (κ2) is 7.61. The van der Waals surface area contributed by atoms with E-state index in [0.717, 1.165) is 6.07 Å². The van der Waals surface area contributed by atoms with Crippen molar-refractivity contribution in [2.75, 3.05) is 18.1 Å². The maximum absolute atomic E-state index is 13.6. The number of phenols is 1. The lowest BCUT2D eigenvalue weighted by molar-refractivity contribution is 0.0958. The summed E-state index contributed by atoms with van der Waals surface area (Å²) in [6.45, 7) is 0. The first-order valence-corrected chi connectivity index (χ1v) is 7.97. The van der Waals surface area contributed by atoms with E-state index in [1.54, 1.807) is 18.2 Å². The number of benzene rings is 2. The van der Waals surface area contributed by atoms with Crippen molar-refractivity contribution in [1.82, 2.24) is 10.3 Å². The summed E-state index contributed by atoms with van der Waals surface area (Å²) in [7, 11) is 1.52. The average molecular weight is 368 g/mol. The number of hydrogen-bond donors (Lipinski definition) is 4. The summed E-state index contributed by atoms with van der Waals surface area (Å²) in [5.41, 5.74) is 6.80. The number of carbonyl (C=O) groups is 1. The molecule has 1 amide bonds. The molecule has 2 aromatic carbocycles. The van der Waals surface area contributed by atoms with E-state index in [9.17, 15) is 14.3 Å². The lowest BCUT2D eigenvalue weighted by atomic mass is 10.2. The lowest BCUT2D eigenvalue weighted by Gasteiger charge is -2.14.